The van der Waals surface area contributed by atoms with Gasteiger partial charge in [-0.3, -0.25) is 0 Å². The Morgan fingerprint density at radius 3 is 1.69 bits per heavy atom. The van der Waals surface area contributed by atoms with Gasteiger partial charge in [0.1, 0.15) is 5.75 Å². The predicted molar refractivity (Wildman–Crippen MR) is 138 cm³/mol. The quantitative estimate of drug-likeness (QED) is 0.180. The summed E-state index contributed by atoms with van der Waals surface area (Å²) < 4.78 is 27.7. The predicted octanol–water partition coefficient (Wildman–Crippen LogP) is 8.33. The van der Waals surface area contributed by atoms with Crippen LogP contribution < -0.4 is 4.18 Å². The molecule has 4 heteroatoms. The first-order chi connectivity index (χ1) is 15.6. The van der Waals surface area contributed by atoms with E-state index in [1.807, 2.05) is 12.1 Å². The number of fused-ring (bicyclic) bond motifs is 1. The van der Waals surface area contributed by atoms with Crippen LogP contribution >= 0.6 is 0 Å². The van der Waals surface area contributed by atoms with Crippen LogP contribution in [0.1, 0.15) is 115 Å². The van der Waals surface area contributed by atoms with Gasteiger partial charge in [-0.1, -0.05) is 115 Å². The first-order valence-electron chi connectivity index (χ1n) is 13.0. The number of unbranched alkanes of at least 4 members (excludes halogenated alkanes) is 12. The lowest BCUT2D eigenvalue weighted by Crippen LogP contribution is -1.95. The Hall–Kier alpha value is -1.55. The van der Waals surface area contributed by atoms with Crippen LogP contribution in [0.2, 0.25) is 0 Å². The second-order valence-electron chi connectivity index (χ2n) is 9.21. The number of thiol groups is 1. The van der Waals surface area contributed by atoms with Crippen LogP contribution in [0, 0.1) is 0 Å². The molecule has 2 rings (SSSR count). The van der Waals surface area contributed by atoms with Gasteiger partial charge in [-0.05, 0) is 48.3 Å². The fourth-order valence-electron chi connectivity index (χ4n) is 4.47. The Morgan fingerprint density at radius 1 is 0.625 bits per heavy atom. The van der Waals surface area contributed by atoms with E-state index >= 15 is 0 Å². The number of hydrogen-bond acceptors (Lipinski definition) is 3. The third-order valence-corrected chi connectivity index (χ3v) is 6.70. The molecule has 0 aliphatic rings. The lowest BCUT2D eigenvalue weighted by molar-refractivity contribution is 0.513. The van der Waals surface area contributed by atoms with E-state index in [9.17, 15) is 8.42 Å². The second-order valence-corrected chi connectivity index (χ2v) is 9.84. The van der Waals surface area contributed by atoms with Crippen molar-refractivity contribution in [1.29, 1.82) is 0 Å². The Balaban J connectivity index is 1.96. The smallest absolute Gasteiger partial charge is 0.299 e. The molecule has 0 heterocycles. The van der Waals surface area contributed by atoms with E-state index in [0.717, 1.165) is 30.0 Å². The summed E-state index contributed by atoms with van der Waals surface area (Å²) in [4.78, 5) is 0. The summed E-state index contributed by atoms with van der Waals surface area (Å²) in [6, 6.07) is 10.5. The zero-order chi connectivity index (χ0) is 23.0. The molecule has 0 fully saturated rings. The van der Waals surface area contributed by atoms with Gasteiger partial charge >= 0.3 is 0 Å². The maximum atomic E-state index is 11.3. The molecule has 32 heavy (non-hydrogen) atoms. The molecule has 0 aliphatic carbocycles. The molecule has 0 amide bonds. The van der Waals surface area contributed by atoms with E-state index in [1.54, 1.807) is 0 Å². The highest BCUT2D eigenvalue weighted by Gasteiger charge is 2.08. The Morgan fingerprint density at radius 2 is 1.12 bits per heavy atom. The van der Waals surface area contributed by atoms with Gasteiger partial charge in [-0.25, -0.2) is 0 Å². The summed E-state index contributed by atoms with van der Waals surface area (Å²) in [6.45, 7) is 4.50. The molecule has 0 bridgehead atoms. The Bertz CT molecular complexity index is 844. The molecule has 0 aliphatic heterocycles. The molecule has 2 aromatic rings. The molecule has 0 N–H and O–H groups in total. The molecule has 180 valence electrons. The van der Waals surface area contributed by atoms with E-state index in [4.69, 9.17) is 4.18 Å². The molecule has 3 nitrogen and oxygen atoms in total. The average Bonchev–Trinajstić information content (AvgIpc) is 2.77. The van der Waals surface area contributed by atoms with Crippen LogP contribution in [-0.2, 0) is 23.8 Å². The largest absolute Gasteiger partial charge is 0.384 e. The summed E-state index contributed by atoms with van der Waals surface area (Å²) in [5.74, 6) is 0.471. The molecule has 2 aromatic carbocycles. The van der Waals surface area contributed by atoms with Crippen molar-refractivity contribution in [2.75, 3.05) is 0 Å². The van der Waals surface area contributed by atoms with Crippen LogP contribution in [0.25, 0.3) is 10.8 Å². The first-order valence-corrected chi connectivity index (χ1v) is 14.1. The van der Waals surface area contributed by atoms with E-state index in [2.05, 4.69) is 32.0 Å². The van der Waals surface area contributed by atoms with Gasteiger partial charge in [0.05, 0.1) is 0 Å². The van der Waals surface area contributed by atoms with Crippen LogP contribution in [0.5, 0.6) is 5.75 Å². The van der Waals surface area contributed by atoms with Gasteiger partial charge < -0.3 is 4.18 Å². The van der Waals surface area contributed by atoms with Gasteiger partial charge in [0.15, 0.2) is 0 Å². The topological polar surface area (TPSA) is 43.4 Å². The molecule has 0 radical (unpaired) electrons. The summed E-state index contributed by atoms with van der Waals surface area (Å²) >= 11 is 0. The summed E-state index contributed by atoms with van der Waals surface area (Å²) in [6.07, 6.45) is 20.1. The van der Waals surface area contributed by atoms with Crippen LogP contribution in [-0.4, -0.2) is 8.42 Å². The van der Waals surface area contributed by atoms with E-state index in [0.29, 0.717) is 5.75 Å². The lowest BCUT2D eigenvalue weighted by atomic mass is 9.97. The van der Waals surface area contributed by atoms with Gasteiger partial charge in [0, 0.05) is 5.39 Å². The van der Waals surface area contributed by atoms with Crippen molar-refractivity contribution in [3.05, 3.63) is 41.5 Å². The minimum absolute atomic E-state index is 0.471. The molecule has 0 unspecified atom stereocenters. The van der Waals surface area contributed by atoms with Gasteiger partial charge in [0.2, 0.25) is 0 Å². The molecular formula is C28H44O3S. The van der Waals surface area contributed by atoms with Crippen molar-refractivity contribution in [2.45, 2.75) is 117 Å². The first kappa shape index (κ1) is 26.7. The van der Waals surface area contributed by atoms with E-state index in [-0.39, 0.29) is 0 Å². The van der Waals surface area contributed by atoms with Crippen LogP contribution in [0.4, 0.5) is 0 Å². The zero-order valence-electron chi connectivity index (χ0n) is 20.4. The highest BCUT2D eigenvalue weighted by Crippen LogP contribution is 2.30. The van der Waals surface area contributed by atoms with Gasteiger partial charge in [-0.2, -0.15) is 8.42 Å². The summed E-state index contributed by atoms with van der Waals surface area (Å²) in [5.41, 5.74) is 2.50. The highest BCUT2D eigenvalue weighted by atomic mass is 32.2. The molecule has 0 saturated heterocycles. The SMILES string of the molecule is CCCCCCCCCc1ccc2c(O[SH](=O)=O)cc(CCCCCCCCC)cc2c1. The van der Waals surface area contributed by atoms with Crippen LogP contribution in [0.15, 0.2) is 30.3 Å². The van der Waals surface area contributed by atoms with Crippen molar-refractivity contribution in [1.82, 2.24) is 0 Å². The summed E-state index contributed by atoms with van der Waals surface area (Å²) in [7, 11) is -2.91. The van der Waals surface area contributed by atoms with Crippen molar-refractivity contribution in [2.24, 2.45) is 0 Å². The van der Waals surface area contributed by atoms with Gasteiger partial charge in [-0.15, -0.1) is 0 Å². The maximum absolute atomic E-state index is 11.3. The normalized spacial score (nSPS) is 11.5. The number of benzene rings is 2. The van der Waals surface area contributed by atoms with E-state index in [1.165, 1.54) is 94.6 Å². The molecule has 0 aromatic heterocycles. The fourth-order valence-corrected chi connectivity index (χ4v) is 4.78. The Kier molecular flexibility index (Phi) is 13.5. The van der Waals surface area contributed by atoms with Crippen molar-refractivity contribution in [3.63, 3.8) is 0 Å². The average molecular weight is 461 g/mol. The maximum Gasteiger partial charge on any atom is 0.299 e. The van der Waals surface area contributed by atoms with Crippen LogP contribution in [0.3, 0.4) is 0 Å². The zero-order valence-corrected chi connectivity index (χ0v) is 21.3. The Labute approximate surface area is 198 Å². The van der Waals surface area contributed by atoms with Crippen molar-refractivity contribution in [3.8, 4) is 5.75 Å². The van der Waals surface area contributed by atoms with Crippen molar-refractivity contribution >= 4 is 21.8 Å². The molecule has 0 spiro atoms. The van der Waals surface area contributed by atoms with E-state index < -0.39 is 11.0 Å². The molecular weight excluding hydrogens is 416 g/mol. The molecule has 0 atom stereocenters. The second kappa shape index (κ2) is 16.1. The lowest BCUT2D eigenvalue weighted by Gasteiger charge is -2.11. The van der Waals surface area contributed by atoms with Gasteiger partial charge in [0.25, 0.3) is 11.0 Å². The third kappa shape index (κ3) is 10.4. The third-order valence-electron chi connectivity index (χ3n) is 6.35. The standard InChI is InChI=1S/C28H44O3S/c1-3-5-7-9-11-13-15-17-24-19-20-27-26(21-24)22-25(23-28(27)31-32(29)30)18-16-14-12-10-8-6-4-2/h19-23,32H,3-18H2,1-2H3. The minimum atomic E-state index is -2.91. The summed E-state index contributed by atoms with van der Waals surface area (Å²) in [5, 5.41) is 1.98. The van der Waals surface area contributed by atoms with Crippen molar-refractivity contribution < 1.29 is 12.6 Å². The fraction of sp³-hybridized carbons (Fsp3) is 0.643. The number of rotatable bonds is 18. The monoisotopic (exact) mass is 460 g/mol. The molecule has 0 saturated carbocycles. The highest BCUT2D eigenvalue weighted by molar-refractivity contribution is 7.67. The minimum Gasteiger partial charge on any atom is -0.384 e. The number of aryl methyl sites for hydroxylation is 2. The number of hydrogen-bond donors (Lipinski definition) is 1.